The third-order valence-electron chi connectivity index (χ3n) is 8.56. The van der Waals surface area contributed by atoms with E-state index in [1.807, 2.05) is 4.90 Å². The third-order valence-corrected chi connectivity index (χ3v) is 8.89. The Labute approximate surface area is 290 Å². The SMILES string of the molecule is Cc1ccc(C(=O)Nc2ccc(F)c(F)c2)cc1NC(=O)C(C)N1CCC(C(=O)NC(C(=O)Nc2cc(C(F)(F)F)ccc2Cl)C(C)C)CC1. The number of halogens is 6. The molecular weight excluding hydrogens is 685 g/mol. The van der Waals surface area contributed by atoms with Crippen LogP contribution in [0.15, 0.2) is 54.6 Å². The van der Waals surface area contributed by atoms with E-state index in [2.05, 4.69) is 21.3 Å². The number of alkyl halides is 3. The van der Waals surface area contributed by atoms with Crippen LogP contribution >= 0.6 is 11.6 Å². The molecule has 3 aromatic carbocycles. The molecule has 4 amide bonds. The van der Waals surface area contributed by atoms with Gasteiger partial charge in [0, 0.05) is 28.9 Å². The van der Waals surface area contributed by atoms with Gasteiger partial charge in [-0.25, -0.2) is 8.78 Å². The highest BCUT2D eigenvalue weighted by molar-refractivity contribution is 6.33. The fourth-order valence-electron chi connectivity index (χ4n) is 5.44. The number of rotatable bonds is 10. The van der Waals surface area contributed by atoms with Gasteiger partial charge in [-0.05, 0) is 93.7 Å². The molecule has 0 saturated carbocycles. The van der Waals surface area contributed by atoms with E-state index in [0.717, 1.165) is 30.3 Å². The Kier molecular flexibility index (Phi) is 12.2. The predicted molar refractivity (Wildman–Crippen MR) is 180 cm³/mol. The van der Waals surface area contributed by atoms with Crippen LogP contribution in [0, 0.1) is 30.4 Å². The molecular formula is C35H37ClF5N5O4. The Bertz CT molecular complexity index is 1760. The van der Waals surface area contributed by atoms with E-state index in [0.29, 0.717) is 37.2 Å². The summed E-state index contributed by atoms with van der Waals surface area (Å²) in [6.45, 7) is 7.62. The number of hydrogen-bond donors (Lipinski definition) is 4. The smallest absolute Gasteiger partial charge is 0.344 e. The fraction of sp³-hybridized carbons (Fsp3) is 0.371. The first-order chi connectivity index (χ1) is 23.4. The van der Waals surface area contributed by atoms with Gasteiger partial charge in [0.15, 0.2) is 11.6 Å². The van der Waals surface area contributed by atoms with Crippen molar-refractivity contribution in [1.82, 2.24) is 10.2 Å². The van der Waals surface area contributed by atoms with Gasteiger partial charge in [-0.3, -0.25) is 24.1 Å². The first-order valence-electron chi connectivity index (χ1n) is 15.8. The summed E-state index contributed by atoms with van der Waals surface area (Å²) in [7, 11) is 0. The van der Waals surface area contributed by atoms with Crippen LogP contribution in [0.3, 0.4) is 0 Å². The molecule has 1 saturated heterocycles. The highest BCUT2D eigenvalue weighted by atomic mass is 35.5. The van der Waals surface area contributed by atoms with Gasteiger partial charge in [-0.1, -0.05) is 31.5 Å². The summed E-state index contributed by atoms with van der Waals surface area (Å²) in [6, 6.07) is 8.57. The number of anilines is 3. The molecule has 4 rings (SSSR count). The number of amides is 4. The lowest BCUT2D eigenvalue weighted by Gasteiger charge is -2.35. The second kappa shape index (κ2) is 16.0. The molecule has 50 heavy (non-hydrogen) atoms. The number of piperidine rings is 1. The van der Waals surface area contributed by atoms with Gasteiger partial charge < -0.3 is 21.3 Å². The highest BCUT2D eigenvalue weighted by Crippen LogP contribution is 2.34. The predicted octanol–water partition coefficient (Wildman–Crippen LogP) is 7.02. The lowest BCUT2D eigenvalue weighted by molar-refractivity contribution is -0.137. The number of benzene rings is 3. The average Bonchev–Trinajstić information content (AvgIpc) is 3.06. The van der Waals surface area contributed by atoms with Crippen LogP contribution in [-0.2, 0) is 20.6 Å². The Morgan fingerprint density at radius 1 is 0.820 bits per heavy atom. The topological polar surface area (TPSA) is 120 Å². The molecule has 2 unspecified atom stereocenters. The quantitative estimate of drug-likeness (QED) is 0.168. The largest absolute Gasteiger partial charge is 0.416 e. The first kappa shape index (κ1) is 38.2. The maximum absolute atomic E-state index is 13.6. The van der Waals surface area contributed by atoms with Gasteiger partial charge in [0.05, 0.1) is 22.3 Å². The number of likely N-dealkylation sites (tertiary alicyclic amines) is 1. The van der Waals surface area contributed by atoms with Crippen molar-refractivity contribution in [2.75, 3.05) is 29.0 Å². The van der Waals surface area contributed by atoms with Gasteiger partial charge in [-0.2, -0.15) is 13.2 Å². The van der Waals surface area contributed by atoms with E-state index in [4.69, 9.17) is 11.6 Å². The average molecular weight is 722 g/mol. The number of carbonyl (C=O) groups is 4. The summed E-state index contributed by atoms with van der Waals surface area (Å²) in [6.07, 6.45) is -3.87. The van der Waals surface area contributed by atoms with Crippen LogP contribution in [0.4, 0.5) is 39.0 Å². The summed E-state index contributed by atoms with van der Waals surface area (Å²) in [4.78, 5) is 54.2. The zero-order valence-electron chi connectivity index (χ0n) is 27.7. The van der Waals surface area contributed by atoms with Crippen molar-refractivity contribution >= 4 is 52.3 Å². The van der Waals surface area contributed by atoms with Crippen molar-refractivity contribution in [3.63, 3.8) is 0 Å². The van der Waals surface area contributed by atoms with Gasteiger partial charge in [-0.15, -0.1) is 0 Å². The van der Waals surface area contributed by atoms with Crippen molar-refractivity contribution in [2.45, 2.75) is 58.8 Å². The van der Waals surface area contributed by atoms with Crippen LogP contribution in [0.25, 0.3) is 0 Å². The molecule has 0 spiro atoms. The third kappa shape index (κ3) is 9.57. The summed E-state index contributed by atoms with van der Waals surface area (Å²) < 4.78 is 66.4. The maximum atomic E-state index is 13.6. The monoisotopic (exact) mass is 721 g/mol. The summed E-state index contributed by atoms with van der Waals surface area (Å²) >= 11 is 6.03. The summed E-state index contributed by atoms with van der Waals surface area (Å²) in [5, 5.41) is 10.4. The molecule has 0 bridgehead atoms. The van der Waals surface area contributed by atoms with Crippen molar-refractivity contribution < 1.29 is 41.1 Å². The van der Waals surface area contributed by atoms with E-state index in [1.54, 1.807) is 33.8 Å². The van der Waals surface area contributed by atoms with E-state index >= 15 is 0 Å². The standard InChI is InChI=1S/C35H37ClF5N5O4/c1-18(2)30(34(50)44-29-16-23(35(39,40)41)7-9-25(29)36)45-32(48)21-11-13-46(14-12-21)20(4)31(47)43-28-15-22(6-5-19(28)3)33(49)42-24-8-10-26(37)27(38)17-24/h5-10,15-18,20-21,30H,11-14H2,1-4H3,(H,42,49)(H,43,47)(H,44,50)(H,45,48). The molecule has 268 valence electrons. The number of nitrogens with zero attached hydrogens (tertiary/aromatic N) is 1. The van der Waals surface area contributed by atoms with Crippen LogP contribution < -0.4 is 21.3 Å². The molecule has 0 aromatic heterocycles. The van der Waals surface area contributed by atoms with E-state index in [1.165, 1.54) is 18.2 Å². The lowest BCUT2D eigenvalue weighted by atomic mass is 9.93. The number of nitrogens with one attached hydrogen (secondary N) is 4. The maximum Gasteiger partial charge on any atom is 0.416 e. The Balaban J connectivity index is 1.32. The van der Waals surface area contributed by atoms with Crippen LogP contribution in [0.5, 0.6) is 0 Å². The fourth-order valence-corrected chi connectivity index (χ4v) is 5.61. The van der Waals surface area contributed by atoms with Crippen molar-refractivity contribution in [3.8, 4) is 0 Å². The Hall–Kier alpha value is -4.56. The second-order valence-corrected chi connectivity index (χ2v) is 12.9. The molecule has 15 heteroatoms. The molecule has 1 fully saturated rings. The molecule has 0 radical (unpaired) electrons. The van der Waals surface area contributed by atoms with Crippen LogP contribution in [-0.4, -0.2) is 53.7 Å². The van der Waals surface area contributed by atoms with Crippen molar-refractivity contribution in [1.29, 1.82) is 0 Å². The Morgan fingerprint density at radius 3 is 2.10 bits per heavy atom. The Morgan fingerprint density at radius 2 is 1.48 bits per heavy atom. The minimum absolute atomic E-state index is 0.0637. The molecule has 4 N–H and O–H groups in total. The molecule has 1 aliphatic rings. The molecule has 1 heterocycles. The zero-order valence-corrected chi connectivity index (χ0v) is 28.4. The number of carbonyl (C=O) groups excluding carboxylic acids is 4. The summed E-state index contributed by atoms with van der Waals surface area (Å²) in [5.74, 6) is -5.06. The molecule has 9 nitrogen and oxygen atoms in total. The van der Waals surface area contributed by atoms with Gasteiger partial charge in [0.2, 0.25) is 17.7 Å². The first-order valence-corrected chi connectivity index (χ1v) is 16.2. The van der Waals surface area contributed by atoms with E-state index in [9.17, 15) is 41.1 Å². The number of hydrogen-bond acceptors (Lipinski definition) is 5. The van der Waals surface area contributed by atoms with Gasteiger partial charge in [0.25, 0.3) is 5.91 Å². The van der Waals surface area contributed by atoms with Crippen LogP contribution in [0.1, 0.15) is 55.1 Å². The van der Waals surface area contributed by atoms with Gasteiger partial charge >= 0.3 is 6.18 Å². The number of aryl methyl sites for hydroxylation is 1. The molecule has 2 atom stereocenters. The van der Waals surface area contributed by atoms with Crippen molar-refractivity contribution in [2.24, 2.45) is 11.8 Å². The second-order valence-electron chi connectivity index (χ2n) is 12.5. The molecule has 0 aliphatic carbocycles. The minimum Gasteiger partial charge on any atom is -0.344 e. The van der Waals surface area contributed by atoms with Gasteiger partial charge in [0.1, 0.15) is 6.04 Å². The minimum atomic E-state index is -4.64. The molecule has 1 aliphatic heterocycles. The van der Waals surface area contributed by atoms with E-state index in [-0.39, 0.29) is 33.8 Å². The normalized spacial score (nSPS) is 15.3. The van der Waals surface area contributed by atoms with Crippen LogP contribution in [0.2, 0.25) is 5.02 Å². The van der Waals surface area contributed by atoms with E-state index < -0.39 is 59.1 Å². The van der Waals surface area contributed by atoms with Crippen molar-refractivity contribution in [3.05, 3.63) is 87.9 Å². The summed E-state index contributed by atoms with van der Waals surface area (Å²) in [5.41, 5.74) is 0.113. The zero-order chi connectivity index (χ0) is 36.9. The molecule has 3 aromatic rings. The lowest BCUT2D eigenvalue weighted by Crippen LogP contribution is -2.52. The highest BCUT2D eigenvalue weighted by Gasteiger charge is 2.34.